The Hall–Kier alpha value is -7.44. The van der Waals surface area contributed by atoms with E-state index in [0.717, 1.165) is 111 Å². The van der Waals surface area contributed by atoms with Crippen LogP contribution in [0.25, 0.3) is 0 Å². The third kappa shape index (κ3) is 42.4. The van der Waals surface area contributed by atoms with Crippen molar-refractivity contribution in [1.82, 2.24) is 0 Å². The normalized spacial score (nSPS) is 9.07. The molecule has 6 rings (SSSR count). The van der Waals surface area contributed by atoms with Gasteiger partial charge in [0, 0.05) is 0 Å². The van der Waals surface area contributed by atoms with Crippen LogP contribution in [-0.4, -0.2) is 0 Å². The summed E-state index contributed by atoms with van der Waals surface area (Å²) in [6, 6.07) is 49.0. The van der Waals surface area contributed by atoms with E-state index in [1.54, 1.807) is 0 Å². The molecule has 6 heteroatoms. The molecule has 6 nitrogen and oxygen atoms in total. The van der Waals surface area contributed by atoms with Crippen LogP contribution in [0.4, 0.5) is 34.1 Å². The first-order chi connectivity index (χ1) is 38.5. The summed E-state index contributed by atoms with van der Waals surface area (Å²) in [5.41, 5.74) is 12.9. The fourth-order valence-corrected chi connectivity index (χ4v) is 6.58. The molecule has 82 heavy (non-hydrogen) atoms. The highest BCUT2D eigenvalue weighted by Crippen LogP contribution is 2.27. The zero-order valence-electron chi connectivity index (χ0n) is 50.7. The lowest BCUT2D eigenvalue weighted by Crippen LogP contribution is -1.85. The van der Waals surface area contributed by atoms with Crippen LogP contribution in [0.2, 0.25) is 0 Å². The largest absolute Gasteiger partial charge is 0.151 e. The SMILES string of the molecule is C.C.C.C.C=CCCc1ccc(N=Nc2ccc(CCC=C)cc2)cc1.C=CCCc1cccc(N=Nc2cccc(CCC=C)c2)c1.C=CCCc1ccccc1N=Nc1ccccc1CCC=C.CC.CC.CC.CC.CC.CC. The summed E-state index contributed by atoms with van der Waals surface area (Å²) in [6.07, 6.45) is 23.4. The van der Waals surface area contributed by atoms with Crippen molar-refractivity contribution in [3.8, 4) is 0 Å². The number of azo groups is 3. The number of benzene rings is 6. The molecule has 0 saturated heterocycles. The van der Waals surface area contributed by atoms with Crippen molar-refractivity contribution in [3.05, 3.63) is 255 Å². The van der Waals surface area contributed by atoms with Gasteiger partial charge in [-0.15, -0.1) is 39.5 Å². The molecule has 0 amide bonds. The quantitative estimate of drug-likeness (QED) is 0.0428. The maximum absolute atomic E-state index is 4.46. The molecule has 0 atom stereocenters. The van der Waals surface area contributed by atoms with E-state index in [-0.39, 0.29) is 29.7 Å². The average molecular weight is 1120 g/mol. The fraction of sp³-hybridized carbons (Fsp3) is 0.368. The standard InChI is InChI=1S/3C20H22N2.6C2H6.4CH4/c1-3-5-11-17-13-7-9-15-19(17)21-22-20-16-10-8-14-18(20)12-6-4-2;1-3-5-9-17-11-7-13-19(15-17)21-22-20-14-8-12-18(16-20)10-6-4-2;1-3-5-7-17-9-13-19(14-10-17)21-22-20-15-11-18(12-16-20)8-6-4-2;6*1-2;;;;/h3-4,7-10,13-16H,1-2,5-6,11-12H2;3-4,7-8,11-16H,1-2,5-6,9-10H2;3-4,9-16H,1-2,5-8H2;6*1-2H3;4*1H4. The van der Waals surface area contributed by atoms with Gasteiger partial charge in [-0.05, 0) is 171 Å². The van der Waals surface area contributed by atoms with Gasteiger partial charge in [0.05, 0.1) is 34.1 Å². The predicted molar refractivity (Wildman–Crippen MR) is 377 cm³/mol. The number of nitrogens with zero attached hydrogens (tertiary/aromatic N) is 6. The van der Waals surface area contributed by atoms with E-state index in [9.17, 15) is 0 Å². The zero-order valence-corrected chi connectivity index (χ0v) is 50.7. The molecule has 0 aliphatic carbocycles. The van der Waals surface area contributed by atoms with E-state index in [1.165, 1.54) is 33.4 Å². The lowest BCUT2D eigenvalue weighted by molar-refractivity contribution is 0.984. The number of allylic oxidation sites excluding steroid dienone is 6. The van der Waals surface area contributed by atoms with Gasteiger partial charge in [0.25, 0.3) is 0 Å². The van der Waals surface area contributed by atoms with Crippen LogP contribution in [0.3, 0.4) is 0 Å². The topological polar surface area (TPSA) is 74.2 Å². The van der Waals surface area contributed by atoms with Crippen molar-refractivity contribution in [2.24, 2.45) is 30.7 Å². The Morgan fingerprint density at radius 2 is 0.512 bits per heavy atom. The van der Waals surface area contributed by atoms with Crippen LogP contribution in [0, 0.1) is 0 Å². The van der Waals surface area contributed by atoms with Crippen molar-refractivity contribution in [1.29, 1.82) is 0 Å². The third-order valence-corrected chi connectivity index (χ3v) is 10.3. The smallest absolute Gasteiger partial charge is 0.0889 e. The summed E-state index contributed by atoms with van der Waals surface area (Å²) in [5, 5.41) is 26.2. The van der Waals surface area contributed by atoms with Gasteiger partial charge in [0.15, 0.2) is 0 Å². The fourth-order valence-electron chi connectivity index (χ4n) is 6.58. The van der Waals surface area contributed by atoms with Gasteiger partial charge >= 0.3 is 0 Å². The Morgan fingerprint density at radius 3 is 0.805 bits per heavy atom. The van der Waals surface area contributed by atoms with E-state index in [4.69, 9.17) is 0 Å². The van der Waals surface area contributed by atoms with Crippen LogP contribution in [-0.2, 0) is 38.5 Å². The van der Waals surface area contributed by atoms with E-state index in [0.29, 0.717) is 0 Å². The molecule has 0 aromatic heterocycles. The molecule has 0 heterocycles. The van der Waals surface area contributed by atoms with Gasteiger partial charge < -0.3 is 0 Å². The van der Waals surface area contributed by atoms with Crippen molar-refractivity contribution in [3.63, 3.8) is 0 Å². The Labute approximate surface area is 507 Å². The highest BCUT2D eigenvalue weighted by atomic mass is 15.1. The first-order valence-electron chi connectivity index (χ1n) is 28.9. The van der Waals surface area contributed by atoms with Gasteiger partial charge in [0.2, 0.25) is 0 Å². The van der Waals surface area contributed by atoms with Crippen molar-refractivity contribution < 1.29 is 0 Å². The van der Waals surface area contributed by atoms with Crippen LogP contribution in [0.5, 0.6) is 0 Å². The summed E-state index contributed by atoms with van der Waals surface area (Å²) in [6.45, 7) is 46.5. The molecule has 0 N–H and O–H groups in total. The van der Waals surface area contributed by atoms with Gasteiger partial charge in [-0.1, -0.05) is 234 Å². The van der Waals surface area contributed by atoms with E-state index < -0.39 is 0 Å². The molecule has 6 aromatic carbocycles. The molecule has 0 aliphatic heterocycles. The summed E-state index contributed by atoms with van der Waals surface area (Å²) >= 11 is 0. The highest BCUT2D eigenvalue weighted by Gasteiger charge is 2.03. The summed E-state index contributed by atoms with van der Waals surface area (Å²) in [5.74, 6) is 0. The zero-order chi connectivity index (χ0) is 58.9. The molecule has 0 aliphatic rings. The summed E-state index contributed by atoms with van der Waals surface area (Å²) in [7, 11) is 0. The number of rotatable bonds is 24. The minimum absolute atomic E-state index is 0. The molecule has 0 radical (unpaired) electrons. The van der Waals surface area contributed by atoms with Gasteiger partial charge in [0.1, 0.15) is 0 Å². The van der Waals surface area contributed by atoms with Crippen LogP contribution in [0.1, 0.15) is 185 Å². The van der Waals surface area contributed by atoms with Crippen molar-refractivity contribution >= 4 is 34.1 Å². The maximum Gasteiger partial charge on any atom is 0.0889 e. The Morgan fingerprint density at radius 1 is 0.256 bits per heavy atom. The molecule has 0 saturated carbocycles. The minimum Gasteiger partial charge on any atom is -0.151 e. The molecule has 0 spiro atoms. The number of aryl methyl sites for hydroxylation is 6. The lowest BCUT2D eigenvalue weighted by atomic mass is 10.1. The molecule has 0 fully saturated rings. The van der Waals surface area contributed by atoms with E-state index in [2.05, 4.69) is 131 Å². The highest BCUT2D eigenvalue weighted by molar-refractivity contribution is 5.49. The first kappa shape index (κ1) is 88.4. The van der Waals surface area contributed by atoms with Crippen LogP contribution in [0.15, 0.2) is 252 Å². The molecular formula is C76H118N6. The first-order valence-corrected chi connectivity index (χ1v) is 28.9. The van der Waals surface area contributed by atoms with Gasteiger partial charge in [-0.3, -0.25) is 0 Å². The van der Waals surface area contributed by atoms with Crippen LogP contribution < -0.4 is 0 Å². The van der Waals surface area contributed by atoms with Crippen molar-refractivity contribution in [2.75, 3.05) is 0 Å². The Bertz CT molecular complexity index is 2320. The average Bonchev–Trinajstić information content (AvgIpc) is 3.52. The second-order valence-corrected chi connectivity index (χ2v) is 15.5. The van der Waals surface area contributed by atoms with Gasteiger partial charge in [-0.2, -0.15) is 30.7 Å². The number of hydrogen-bond acceptors (Lipinski definition) is 6. The van der Waals surface area contributed by atoms with Crippen molar-refractivity contribution in [2.45, 2.75) is 190 Å². The Kier molecular flexibility index (Phi) is 71.2. The Balaban J connectivity index is -0.000000184. The second kappa shape index (κ2) is 66.1. The third-order valence-electron chi connectivity index (χ3n) is 10.3. The predicted octanol–water partition coefficient (Wildman–Crippen LogP) is 27.7. The van der Waals surface area contributed by atoms with Gasteiger partial charge in [-0.25, -0.2) is 0 Å². The molecule has 0 unspecified atom stereocenters. The molecule has 0 bridgehead atoms. The summed E-state index contributed by atoms with van der Waals surface area (Å²) < 4.78 is 0. The monoisotopic (exact) mass is 1110 g/mol. The molecular weight excluding hydrogens is 997 g/mol. The second-order valence-electron chi connectivity index (χ2n) is 15.5. The van der Waals surface area contributed by atoms with Crippen LogP contribution >= 0.6 is 0 Å². The number of hydrogen-bond donors (Lipinski definition) is 0. The van der Waals surface area contributed by atoms with E-state index >= 15 is 0 Å². The molecule has 452 valence electrons. The lowest BCUT2D eigenvalue weighted by Gasteiger charge is -2.05. The maximum atomic E-state index is 4.46. The minimum atomic E-state index is 0. The van der Waals surface area contributed by atoms with E-state index in [1.807, 2.05) is 204 Å². The summed E-state index contributed by atoms with van der Waals surface area (Å²) in [4.78, 5) is 0. The molecule has 6 aromatic rings.